The van der Waals surface area contributed by atoms with E-state index < -0.39 is 0 Å². The second-order valence-electron chi connectivity index (χ2n) is 6.87. The summed E-state index contributed by atoms with van der Waals surface area (Å²) in [6, 6.07) is 12.3. The predicted octanol–water partition coefficient (Wildman–Crippen LogP) is 4.13. The molecule has 2 heteroatoms. The fourth-order valence-electron chi connectivity index (χ4n) is 4.44. The minimum atomic E-state index is 0.375. The Hall–Kier alpha value is -0.860. The predicted molar refractivity (Wildman–Crippen MR) is 89.5 cm³/mol. The highest BCUT2D eigenvalue weighted by molar-refractivity contribution is 5.21. The number of rotatable bonds is 4. The highest BCUT2D eigenvalue weighted by atomic mass is 15.3. The van der Waals surface area contributed by atoms with Gasteiger partial charge in [0, 0.05) is 30.7 Å². The molecule has 1 saturated heterocycles. The second-order valence-corrected chi connectivity index (χ2v) is 6.87. The van der Waals surface area contributed by atoms with Gasteiger partial charge in [0.05, 0.1) is 0 Å². The lowest BCUT2D eigenvalue weighted by atomic mass is 9.84. The Labute approximate surface area is 129 Å². The Morgan fingerprint density at radius 3 is 2.38 bits per heavy atom. The van der Waals surface area contributed by atoms with Crippen molar-refractivity contribution in [2.24, 2.45) is 0 Å². The van der Waals surface area contributed by atoms with Crippen LogP contribution in [0, 0.1) is 0 Å². The molecule has 1 atom stereocenters. The molecule has 2 fully saturated rings. The zero-order chi connectivity index (χ0) is 14.7. The van der Waals surface area contributed by atoms with Crippen LogP contribution in [-0.2, 0) is 0 Å². The van der Waals surface area contributed by atoms with Crippen LogP contribution in [0.15, 0.2) is 30.3 Å². The molecule has 1 aromatic rings. The number of nitrogens with zero attached hydrogens (tertiary/aromatic N) is 1. The summed E-state index contributed by atoms with van der Waals surface area (Å²) < 4.78 is 0. The van der Waals surface area contributed by atoms with E-state index in [9.17, 15) is 0 Å². The molecule has 116 valence electrons. The molecule has 0 radical (unpaired) electrons. The van der Waals surface area contributed by atoms with Gasteiger partial charge >= 0.3 is 0 Å². The van der Waals surface area contributed by atoms with Gasteiger partial charge in [0.15, 0.2) is 0 Å². The fraction of sp³-hybridized carbons (Fsp3) is 0.684. The van der Waals surface area contributed by atoms with Crippen molar-refractivity contribution in [2.45, 2.75) is 70.0 Å². The topological polar surface area (TPSA) is 15.3 Å². The van der Waals surface area contributed by atoms with Gasteiger partial charge in [-0.25, -0.2) is 0 Å². The van der Waals surface area contributed by atoms with Crippen LogP contribution in [0.3, 0.4) is 0 Å². The first-order valence-corrected chi connectivity index (χ1v) is 8.84. The summed E-state index contributed by atoms with van der Waals surface area (Å²) in [6.07, 6.45) is 8.18. The molecule has 1 unspecified atom stereocenters. The summed E-state index contributed by atoms with van der Waals surface area (Å²) in [4.78, 5) is 2.88. The van der Waals surface area contributed by atoms with Crippen molar-refractivity contribution in [1.29, 1.82) is 0 Å². The molecule has 2 aliphatic rings. The van der Waals surface area contributed by atoms with E-state index in [0.717, 1.165) is 12.6 Å². The van der Waals surface area contributed by atoms with E-state index in [-0.39, 0.29) is 0 Å². The number of hydrogen-bond acceptors (Lipinski definition) is 2. The van der Waals surface area contributed by atoms with Crippen LogP contribution in [0.2, 0.25) is 0 Å². The van der Waals surface area contributed by atoms with Gasteiger partial charge in [-0.2, -0.15) is 0 Å². The molecule has 2 nitrogen and oxygen atoms in total. The maximum absolute atomic E-state index is 3.84. The first-order valence-electron chi connectivity index (χ1n) is 8.84. The lowest BCUT2D eigenvalue weighted by Gasteiger charge is -2.52. The maximum atomic E-state index is 3.84. The maximum Gasteiger partial charge on any atom is 0.0450 e. The molecular formula is C19H30N2. The molecule has 1 aliphatic carbocycles. The van der Waals surface area contributed by atoms with Gasteiger partial charge < -0.3 is 5.32 Å². The molecule has 21 heavy (non-hydrogen) atoms. The number of hydrogen-bond donors (Lipinski definition) is 1. The van der Waals surface area contributed by atoms with Crippen molar-refractivity contribution in [3.05, 3.63) is 35.9 Å². The highest BCUT2D eigenvalue weighted by Crippen LogP contribution is 2.37. The molecule has 1 saturated carbocycles. The fourth-order valence-corrected chi connectivity index (χ4v) is 4.44. The summed E-state index contributed by atoms with van der Waals surface area (Å²) in [6.45, 7) is 7.05. The van der Waals surface area contributed by atoms with Gasteiger partial charge in [-0.1, -0.05) is 57.0 Å². The van der Waals surface area contributed by atoms with E-state index >= 15 is 0 Å². The summed E-state index contributed by atoms with van der Waals surface area (Å²) in [5.74, 6) is 0. The third kappa shape index (κ3) is 2.89. The van der Waals surface area contributed by atoms with Gasteiger partial charge in [-0.15, -0.1) is 0 Å². The van der Waals surface area contributed by atoms with E-state index in [2.05, 4.69) is 54.4 Å². The van der Waals surface area contributed by atoms with Gasteiger partial charge in [-0.3, -0.25) is 4.90 Å². The van der Waals surface area contributed by atoms with Gasteiger partial charge in [0.25, 0.3) is 0 Å². The van der Waals surface area contributed by atoms with E-state index in [0.29, 0.717) is 11.6 Å². The van der Waals surface area contributed by atoms with E-state index in [1.54, 1.807) is 0 Å². The zero-order valence-corrected chi connectivity index (χ0v) is 13.6. The van der Waals surface area contributed by atoms with Crippen LogP contribution in [0.5, 0.6) is 0 Å². The quantitative estimate of drug-likeness (QED) is 0.895. The molecule has 1 aliphatic heterocycles. The van der Waals surface area contributed by atoms with Crippen LogP contribution in [0.4, 0.5) is 0 Å². The minimum Gasteiger partial charge on any atom is -0.307 e. The van der Waals surface area contributed by atoms with Crippen molar-refractivity contribution >= 4 is 0 Å². The monoisotopic (exact) mass is 286 g/mol. The summed E-state index contributed by atoms with van der Waals surface area (Å²) in [7, 11) is 0. The van der Waals surface area contributed by atoms with Gasteiger partial charge in [-0.05, 0) is 31.2 Å². The van der Waals surface area contributed by atoms with Crippen LogP contribution in [0.25, 0.3) is 0 Å². The third-order valence-corrected chi connectivity index (χ3v) is 5.95. The van der Waals surface area contributed by atoms with Crippen molar-refractivity contribution in [1.82, 2.24) is 10.2 Å². The largest absolute Gasteiger partial charge is 0.307 e. The Morgan fingerprint density at radius 2 is 1.76 bits per heavy atom. The Kier molecular flexibility index (Phi) is 4.66. The number of benzene rings is 1. The van der Waals surface area contributed by atoms with Gasteiger partial charge in [0.1, 0.15) is 0 Å². The van der Waals surface area contributed by atoms with E-state index in [1.807, 2.05) is 0 Å². The molecular weight excluding hydrogens is 256 g/mol. The summed E-state index contributed by atoms with van der Waals surface area (Å²) >= 11 is 0. The summed E-state index contributed by atoms with van der Waals surface area (Å²) in [5, 5.41) is 3.84. The first-order chi connectivity index (χ1) is 10.3. The third-order valence-electron chi connectivity index (χ3n) is 5.95. The lowest BCUT2D eigenvalue weighted by molar-refractivity contribution is -0.00342. The van der Waals surface area contributed by atoms with E-state index in [4.69, 9.17) is 0 Å². The van der Waals surface area contributed by atoms with E-state index in [1.165, 1.54) is 50.6 Å². The van der Waals surface area contributed by atoms with Crippen molar-refractivity contribution in [3.63, 3.8) is 0 Å². The first kappa shape index (κ1) is 15.1. The van der Waals surface area contributed by atoms with Crippen molar-refractivity contribution in [2.75, 3.05) is 13.1 Å². The molecule has 0 amide bonds. The standard InChI is InChI=1S/C19H30N2/c1-3-19(4-2)15-20-18(16-10-6-5-7-11-16)14-21(19)17-12-8-9-13-17/h5-7,10-11,17-18,20H,3-4,8-9,12-15H2,1-2H3. The van der Waals surface area contributed by atoms with Crippen molar-refractivity contribution < 1.29 is 0 Å². The number of nitrogens with one attached hydrogen (secondary N) is 1. The smallest absolute Gasteiger partial charge is 0.0450 e. The molecule has 0 aromatic heterocycles. The molecule has 1 heterocycles. The average molecular weight is 286 g/mol. The molecule has 0 bridgehead atoms. The molecule has 0 spiro atoms. The zero-order valence-electron chi connectivity index (χ0n) is 13.6. The summed E-state index contributed by atoms with van der Waals surface area (Å²) in [5.41, 5.74) is 1.82. The minimum absolute atomic E-state index is 0.375. The van der Waals surface area contributed by atoms with Crippen LogP contribution >= 0.6 is 0 Å². The molecule has 1 aromatic carbocycles. The molecule has 1 N–H and O–H groups in total. The Balaban J connectivity index is 1.82. The van der Waals surface area contributed by atoms with Crippen LogP contribution < -0.4 is 5.32 Å². The number of piperazine rings is 1. The Morgan fingerprint density at radius 1 is 1.10 bits per heavy atom. The Bertz CT molecular complexity index is 432. The lowest BCUT2D eigenvalue weighted by Crippen LogP contribution is -2.64. The van der Waals surface area contributed by atoms with Crippen LogP contribution in [0.1, 0.15) is 64.0 Å². The van der Waals surface area contributed by atoms with Gasteiger partial charge in [0.2, 0.25) is 0 Å². The average Bonchev–Trinajstić information content (AvgIpc) is 3.09. The SMILES string of the molecule is CCC1(CC)CNC(c2ccccc2)CN1C1CCCC1. The second kappa shape index (κ2) is 6.50. The van der Waals surface area contributed by atoms with Crippen molar-refractivity contribution in [3.8, 4) is 0 Å². The molecule has 3 rings (SSSR count). The van der Waals surface area contributed by atoms with Crippen LogP contribution in [-0.4, -0.2) is 29.6 Å². The highest BCUT2D eigenvalue weighted by Gasteiger charge is 2.43. The normalized spacial score (nSPS) is 27.0.